The first-order valence-corrected chi connectivity index (χ1v) is 44.2. The van der Waals surface area contributed by atoms with Crippen molar-refractivity contribution in [3.05, 3.63) is 161 Å². The summed E-state index contributed by atoms with van der Waals surface area (Å²) in [6.07, 6.45) is 16.6. The van der Waals surface area contributed by atoms with Crippen LogP contribution in [0.2, 0.25) is 0 Å². The maximum atomic E-state index is 9.52. The number of para-hydroxylation sites is 3. The van der Waals surface area contributed by atoms with Gasteiger partial charge < -0.3 is 33.3 Å². The second kappa shape index (κ2) is 29.5. The van der Waals surface area contributed by atoms with Crippen LogP contribution < -0.4 is 24.5 Å². The summed E-state index contributed by atoms with van der Waals surface area (Å²) < 4.78 is 115. The zero-order valence-electron chi connectivity index (χ0n) is 86.2. The van der Waals surface area contributed by atoms with Gasteiger partial charge in [0.1, 0.15) is 0 Å². The zero-order valence-corrected chi connectivity index (χ0v) is 74.2. The number of rotatable bonds is 5. The fourth-order valence-corrected chi connectivity index (χ4v) is 26.2. The molecule has 5 aliphatic heterocycles. The van der Waals surface area contributed by atoms with Gasteiger partial charge in [-0.05, 0) is 363 Å². The fourth-order valence-electron chi connectivity index (χ4n) is 26.2. The minimum Gasteiger partial charge on any atom is -0.436 e. The first-order valence-electron chi connectivity index (χ1n) is 50.2. The monoisotopic (exact) mass is 1550 g/mol. The molecule has 614 valence electrons. The van der Waals surface area contributed by atoms with Crippen molar-refractivity contribution in [2.75, 3.05) is 24.5 Å². The molecule has 5 aromatic carbocycles. The Morgan fingerprint density at radius 2 is 0.719 bits per heavy atom. The second-order valence-electron chi connectivity index (χ2n) is 41.3. The summed E-state index contributed by atoms with van der Waals surface area (Å²) >= 11 is 0. The third-order valence-electron chi connectivity index (χ3n) is 30.8. The summed E-state index contributed by atoms with van der Waals surface area (Å²) in [6.45, 7) is 45.5. The van der Waals surface area contributed by atoms with Crippen LogP contribution in [-0.2, 0) is 0 Å². The molecule has 114 heavy (non-hydrogen) atoms. The van der Waals surface area contributed by atoms with Gasteiger partial charge in [0.05, 0.1) is 11.4 Å². The number of pyridine rings is 2. The Morgan fingerprint density at radius 3 is 1.14 bits per heavy atom. The molecule has 6 aliphatic carbocycles. The predicted octanol–water partition coefficient (Wildman–Crippen LogP) is 28.5. The Hall–Kier alpha value is -7.00. The van der Waals surface area contributed by atoms with Gasteiger partial charge in [0, 0.05) is 124 Å². The van der Waals surface area contributed by atoms with Gasteiger partial charge in [-0.3, -0.25) is 0 Å². The van der Waals surface area contributed by atoms with Crippen LogP contribution in [0.4, 0.5) is 28.4 Å². The van der Waals surface area contributed by atoms with Gasteiger partial charge in [-0.25, -0.2) is 9.97 Å². The van der Waals surface area contributed by atoms with Gasteiger partial charge in [-0.15, -0.1) is 0 Å². The molecule has 9 heteroatoms. The van der Waals surface area contributed by atoms with Gasteiger partial charge in [0.2, 0.25) is 11.4 Å². The zero-order chi connectivity index (χ0) is 92.1. The van der Waals surface area contributed by atoms with Crippen molar-refractivity contribution in [3.63, 3.8) is 0 Å². The molecule has 11 aliphatic rings. The van der Waals surface area contributed by atoms with E-state index in [1.165, 1.54) is 147 Å². The number of benzene rings is 5. The SMILES string of the molecule is Cc1ccc2c(n1)oc1c(N3C(C)C(C)(C)CC3(C)C)c(C)ccc12.Cc1ccc2c(n1)oc1c(N3C(C)C4(CCCCC4)CC3(C)C)c(C)ccc12.[2H]C([2H])([2H])C1(C([2H])([2H])[2H])C(C)N(c2ccccc2C)C(C)(C)C1([2H])[2H].[2H]C1([2H])C2(C3CC4CC(C3)CC2C4)C(C)N(c2ccccc2C)C1(C)C.[2H]C1([2H])C2(CCCCC2)C(C)N(c2ccccc2C)C1(C)C. The molecular formula is C105H147N7O2. The van der Waals surface area contributed by atoms with Crippen molar-refractivity contribution in [3.8, 4) is 0 Å². The van der Waals surface area contributed by atoms with Crippen molar-refractivity contribution in [2.24, 2.45) is 50.7 Å². The lowest BCUT2D eigenvalue weighted by Crippen LogP contribution is -2.57. The van der Waals surface area contributed by atoms with E-state index in [0.717, 1.165) is 86.8 Å². The van der Waals surface area contributed by atoms with E-state index in [1.807, 2.05) is 32.9 Å². The molecule has 4 aromatic heterocycles. The lowest BCUT2D eigenvalue weighted by molar-refractivity contribution is -0.113. The molecule has 5 unspecified atom stereocenters. The van der Waals surface area contributed by atoms with Gasteiger partial charge in [0.15, 0.2) is 11.2 Å². The molecule has 9 heterocycles. The van der Waals surface area contributed by atoms with Crippen molar-refractivity contribution >= 4 is 72.6 Å². The number of fused-ring (bicyclic) bond motifs is 6. The van der Waals surface area contributed by atoms with E-state index in [1.54, 1.807) is 30.9 Å². The average Bonchev–Trinajstić information content (AvgIpc) is 1.49. The fraction of sp³-hybridized carbons (Fsp3) is 0.619. The van der Waals surface area contributed by atoms with E-state index in [-0.39, 0.29) is 39.4 Å². The Morgan fingerprint density at radius 1 is 0.351 bits per heavy atom. The number of hydrogen-bond donors (Lipinski definition) is 0. The van der Waals surface area contributed by atoms with Gasteiger partial charge in [-0.1, -0.05) is 145 Å². The Kier molecular flexibility index (Phi) is 17.6. The van der Waals surface area contributed by atoms with Crippen LogP contribution in [-0.4, -0.2) is 67.9 Å². The molecule has 20 rings (SSSR count). The standard InChI is InChI=1S/C25H32N2O.C23H33N.C22H28N2O.C19H29N.C16H25N/c1-16-9-11-19-20-12-10-17(2)26-23(20)28-22(19)21(16)27-18(3)25(15-24(27,4)5)13-7-6-8-14-25;1-15-7-5-6-8-21(15)24-16(2)23(14-22(24,3)4)19-10-17-9-18(12-19)13-20(23)11-17;1-13-8-10-16-17-11-9-14(2)23-20(17)25-19(16)18(13)24-15(3)21(4,5)12-22(24,6)7;1-15-10-6-7-11-17(15)20-16(2)19(14-18(20,3)4)12-8-5-9-13-19;1-12-9-7-8-10-14(12)17-13(2)15(3,4)11-16(17,5)6/h9-12,18H,6-8,13-15H2,1-5H3;5-8,16-20H,9-14H2,1-4H3;8-11,15H,12H2,1-7H3;6-7,10-11,16H,5,8-9,12-14H2,1-4H3;7-10,13H,11H2,1-6H3/i;14D2;;14D2;3D3,4D3,11D2. The normalized spacial score (nSPS) is 32.2. The van der Waals surface area contributed by atoms with Crippen molar-refractivity contribution in [1.82, 2.24) is 9.97 Å². The average molecular weight is 1550 g/mol. The molecule has 11 fully saturated rings. The molecule has 6 saturated carbocycles. The van der Waals surface area contributed by atoms with E-state index in [9.17, 15) is 2.74 Å². The molecule has 5 saturated heterocycles. The van der Waals surface area contributed by atoms with Gasteiger partial charge in [-0.2, -0.15) is 0 Å². The highest BCUT2D eigenvalue weighted by molar-refractivity contribution is 6.10. The van der Waals surface area contributed by atoms with Crippen LogP contribution in [0.25, 0.3) is 44.1 Å². The van der Waals surface area contributed by atoms with E-state index in [0.29, 0.717) is 35.0 Å². The van der Waals surface area contributed by atoms with E-state index >= 15 is 0 Å². The highest BCUT2D eigenvalue weighted by atomic mass is 16.3. The smallest absolute Gasteiger partial charge is 0.227 e. The molecule has 0 amide bonds. The van der Waals surface area contributed by atoms with E-state index in [4.69, 9.17) is 22.5 Å². The topological polar surface area (TPSA) is 68.3 Å². The van der Waals surface area contributed by atoms with E-state index < -0.39 is 60.9 Å². The van der Waals surface area contributed by atoms with Crippen LogP contribution in [0, 0.1) is 99.2 Å². The molecule has 9 aromatic rings. The summed E-state index contributed by atoms with van der Waals surface area (Å²) in [6, 6.07) is 42.0. The van der Waals surface area contributed by atoms with Gasteiger partial charge >= 0.3 is 0 Å². The summed E-state index contributed by atoms with van der Waals surface area (Å²) in [4.78, 5) is 21.1. The molecule has 0 radical (unpaired) electrons. The number of aromatic nitrogens is 2. The summed E-state index contributed by atoms with van der Waals surface area (Å²) in [5.41, 5.74) is 12.7. The Balaban J connectivity index is 0.000000122. The van der Waals surface area contributed by atoms with Crippen LogP contribution in [0.5, 0.6) is 0 Å². The minimum absolute atomic E-state index is 0.0876. The first-order chi connectivity index (χ1) is 58.5. The first kappa shape index (κ1) is 68.0. The number of furan rings is 2. The highest BCUT2D eigenvalue weighted by Crippen LogP contribution is 2.70. The maximum absolute atomic E-state index is 9.52. The van der Waals surface area contributed by atoms with Crippen LogP contribution in [0.15, 0.2) is 130 Å². The third kappa shape index (κ3) is 14.1. The van der Waals surface area contributed by atoms with Gasteiger partial charge in [0.25, 0.3) is 0 Å². The van der Waals surface area contributed by atoms with Crippen molar-refractivity contribution in [1.29, 1.82) is 0 Å². The summed E-state index contributed by atoms with van der Waals surface area (Å²) in [5, 5.41) is 4.58. The minimum atomic E-state index is -3.00. The van der Waals surface area contributed by atoms with Crippen molar-refractivity contribution in [2.45, 2.75) is 366 Å². The van der Waals surface area contributed by atoms with E-state index in [2.05, 4.69) is 251 Å². The highest BCUT2D eigenvalue weighted by Gasteiger charge is 2.66. The quantitative estimate of drug-likeness (QED) is 0.168. The molecule has 9 nitrogen and oxygen atoms in total. The third-order valence-corrected chi connectivity index (χ3v) is 30.8. The molecular weight excluding hydrogens is 1390 g/mol. The second-order valence-corrected chi connectivity index (χ2v) is 41.3. The molecule has 5 atom stereocenters. The largest absolute Gasteiger partial charge is 0.436 e. The van der Waals surface area contributed by atoms with Crippen LogP contribution >= 0.6 is 0 Å². The lowest BCUT2D eigenvalue weighted by atomic mass is 9.43. The Bertz CT molecular complexity index is 5520. The molecule has 3 spiro atoms. The summed E-state index contributed by atoms with van der Waals surface area (Å²) in [5.74, 6) is 2.89. The molecule has 4 bridgehead atoms. The van der Waals surface area contributed by atoms with Crippen LogP contribution in [0.1, 0.15) is 315 Å². The lowest BCUT2D eigenvalue weighted by Gasteiger charge is -2.62. The number of aryl methyl sites for hydroxylation is 7. The predicted molar refractivity (Wildman–Crippen MR) is 487 cm³/mol. The maximum Gasteiger partial charge on any atom is 0.227 e. The van der Waals surface area contributed by atoms with Crippen LogP contribution in [0.3, 0.4) is 0 Å². The number of anilines is 5. The number of hydrogen-bond acceptors (Lipinski definition) is 9. The van der Waals surface area contributed by atoms with Crippen molar-refractivity contribution < 1.29 is 25.3 Å². The molecule has 0 N–H and O–H groups in total. The summed E-state index contributed by atoms with van der Waals surface area (Å²) in [7, 11) is 0. The Labute approximate surface area is 706 Å². The number of nitrogens with zero attached hydrogens (tertiary/aromatic N) is 7.